The Morgan fingerprint density at radius 2 is 1.53 bits per heavy atom. The third-order valence-electron chi connectivity index (χ3n) is 11.7. The molecule has 1 aromatic heterocycles. The number of nitrogens with two attached hydrogens (primary N) is 1. The van der Waals surface area contributed by atoms with E-state index < -0.39 is 186 Å². The van der Waals surface area contributed by atoms with Crippen LogP contribution in [0.25, 0.3) is 10.9 Å². The van der Waals surface area contributed by atoms with E-state index in [9.17, 15) is 77.9 Å². The number of hydrogen-bond acceptors (Lipinski definition) is 16. The van der Waals surface area contributed by atoms with Crippen molar-refractivity contribution in [3.8, 4) is 5.75 Å². The highest BCUT2D eigenvalue weighted by Gasteiger charge is 2.44. The maximum absolute atomic E-state index is 14.4. The van der Waals surface area contributed by atoms with Crippen molar-refractivity contribution >= 4 is 80.6 Å². The first-order chi connectivity index (χ1) is 31.9. The van der Waals surface area contributed by atoms with E-state index in [4.69, 9.17) is 5.73 Å². The summed E-state index contributed by atoms with van der Waals surface area (Å²) in [5.74, 6) is -12.0. The Hall–Kier alpha value is -6.78. The number of nitro benzene ring substituents is 1. The summed E-state index contributed by atoms with van der Waals surface area (Å²) in [5, 5.41) is 70.0. The number of phenols is 1. The van der Waals surface area contributed by atoms with Crippen LogP contribution in [-0.4, -0.2) is 174 Å². The standard InChI is InChI=1S/C40H57N11O16S/c1-6-16(2)32-37(62)43-12-30(57)44-18(4)34(59)46-24(11-29(41)56)40(64)50-14-19(53)7-26(50)36(61)49-33(17(3)28(55)15-52)38(63)45-23(35(60)42-13-31(58)48-32)8-21-20-9-25(51(65)66)27(54)10-22(20)47-39(21)68(5)67/h9-10,16-19,23-24,26,28,32-33,47,52-55H,6-8,11-15H2,1-5H3,(H2,41,56)(H,42,60)(H,43,62)(H,44,57)(H,45,63)(H,46,59)(H,48,58)(H,49,61)/t16-,17?,18-,19+,23-,24-,26-,28-,32?,33?,68?/m0/s1. The van der Waals surface area contributed by atoms with Crippen molar-refractivity contribution in [3.63, 3.8) is 0 Å². The lowest BCUT2D eigenvalue weighted by Crippen LogP contribution is -2.61. The summed E-state index contributed by atoms with van der Waals surface area (Å²) in [6.07, 6.45) is -3.47. The molecule has 2 aliphatic heterocycles. The average molecular weight is 980 g/mol. The molecule has 9 amide bonds. The van der Waals surface area contributed by atoms with Gasteiger partial charge in [-0.15, -0.1) is 0 Å². The van der Waals surface area contributed by atoms with Crippen LogP contribution in [0.5, 0.6) is 5.75 Å². The Morgan fingerprint density at radius 3 is 2.12 bits per heavy atom. The maximum atomic E-state index is 14.4. The van der Waals surface area contributed by atoms with Crippen molar-refractivity contribution in [2.75, 3.05) is 32.5 Å². The van der Waals surface area contributed by atoms with Crippen LogP contribution in [-0.2, 0) is 60.4 Å². The first kappa shape index (κ1) is 53.8. The summed E-state index contributed by atoms with van der Waals surface area (Å²) in [7, 11) is -1.92. The van der Waals surface area contributed by atoms with Crippen LogP contribution >= 0.6 is 0 Å². The molecular weight excluding hydrogens is 923 g/mol. The van der Waals surface area contributed by atoms with E-state index in [0.717, 1.165) is 17.0 Å². The number of carbonyl (C=O) groups excluding carboxylic acids is 9. The van der Waals surface area contributed by atoms with Gasteiger partial charge in [0.1, 0.15) is 41.3 Å². The molecule has 2 fully saturated rings. The maximum Gasteiger partial charge on any atom is 0.311 e. The molecule has 28 heteroatoms. The van der Waals surface area contributed by atoms with Crippen molar-refractivity contribution in [3.05, 3.63) is 27.8 Å². The van der Waals surface area contributed by atoms with E-state index in [0.29, 0.717) is 6.42 Å². The smallest absolute Gasteiger partial charge is 0.311 e. The zero-order chi connectivity index (χ0) is 50.9. The fourth-order valence-corrected chi connectivity index (χ4v) is 8.44. The highest BCUT2D eigenvalue weighted by molar-refractivity contribution is 7.84. The highest BCUT2D eigenvalue weighted by Crippen LogP contribution is 2.35. The van der Waals surface area contributed by atoms with Gasteiger partial charge in [0.05, 0.1) is 59.6 Å². The van der Waals surface area contributed by atoms with Crippen LogP contribution in [0.3, 0.4) is 0 Å². The predicted octanol–water partition coefficient (Wildman–Crippen LogP) is -5.38. The number of nitro groups is 1. The minimum atomic E-state index is -1.92. The van der Waals surface area contributed by atoms with E-state index >= 15 is 0 Å². The van der Waals surface area contributed by atoms with Gasteiger partial charge in [0, 0.05) is 49.1 Å². The first-order valence-electron chi connectivity index (χ1n) is 21.3. The van der Waals surface area contributed by atoms with Crippen LogP contribution in [0.15, 0.2) is 17.2 Å². The number of benzene rings is 1. The van der Waals surface area contributed by atoms with E-state index in [1.165, 1.54) is 20.1 Å². The molecule has 374 valence electrons. The second kappa shape index (κ2) is 23.3. The molecular formula is C40H57N11O16S. The normalized spacial score (nSPS) is 26.1. The molecule has 0 aliphatic carbocycles. The summed E-state index contributed by atoms with van der Waals surface area (Å²) < 4.78 is 13.1. The summed E-state index contributed by atoms with van der Waals surface area (Å²) in [5.41, 5.74) is 4.62. The summed E-state index contributed by atoms with van der Waals surface area (Å²) in [6, 6.07) is -7.87. The average Bonchev–Trinajstić information content (AvgIpc) is 3.85. The monoisotopic (exact) mass is 979 g/mol. The number of amides is 9. The molecule has 2 aliphatic rings. The number of nitrogens with one attached hydrogen (secondary N) is 8. The zero-order valence-corrected chi connectivity index (χ0v) is 38.5. The molecule has 0 bridgehead atoms. The van der Waals surface area contributed by atoms with Crippen molar-refractivity contribution < 1.29 is 72.7 Å². The van der Waals surface area contributed by atoms with Crippen LogP contribution in [0, 0.1) is 22.0 Å². The second-order valence-corrected chi connectivity index (χ2v) is 18.0. The lowest BCUT2D eigenvalue weighted by Gasteiger charge is -2.32. The third-order valence-corrected chi connectivity index (χ3v) is 12.6. The van der Waals surface area contributed by atoms with Crippen LogP contribution in [0.1, 0.15) is 52.5 Å². The van der Waals surface area contributed by atoms with Gasteiger partial charge in [-0.05, 0) is 18.4 Å². The van der Waals surface area contributed by atoms with Crippen LogP contribution in [0.4, 0.5) is 5.69 Å². The first-order valence-corrected chi connectivity index (χ1v) is 22.9. The van der Waals surface area contributed by atoms with Gasteiger partial charge in [-0.25, -0.2) is 0 Å². The molecule has 68 heavy (non-hydrogen) atoms. The minimum Gasteiger partial charge on any atom is -0.502 e. The van der Waals surface area contributed by atoms with Crippen LogP contribution < -0.4 is 43.0 Å². The van der Waals surface area contributed by atoms with E-state index in [2.05, 4.69) is 42.2 Å². The molecule has 0 saturated carbocycles. The molecule has 4 unspecified atom stereocenters. The second-order valence-electron chi connectivity index (χ2n) is 16.7. The van der Waals surface area contributed by atoms with E-state index in [1.807, 2.05) is 0 Å². The summed E-state index contributed by atoms with van der Waals surface area (Å²) >= 11 is 0. The molecule has 1 aromatic carbocycles. The Bertz CT molecular complexity index is 2340. The number of nitrogens with zero attached hydrogens (tertiary/aromatic N) is 2. The number of rotatable bonds is 11. The molecule has 27 nitrogen and oxygen atoms in total. The van der Waals surface area contributed by atoms with E-state index in [1.54, 1.807) is 13.8 Å². The number of fused-ring (bicyclic) bond motifs is 2. The SMILES string of the molecule is CC[C@H](C)C1NC(=O)CNC(=O)[C@H](Cc2c(S(C)=O)[nH]c3cc(O)c([N+](=O)[O-])cc23)NC(=O)C(C(C)[C@@H](O)CO)NC(=O)[C@@H]2C[C@@H](O)CN2C(=O)[C@H](CC(N)=O)NC(=O)[C@H](C)NC(=O)CNC1=O. The molecule has 0 spiro atoms. The lowest BCUT2D eigenvalue weighted by molar-refractivity contribution is -0.385. The Morgan fingerprint density at radius 1 is 0.912 bits per heavy atom. The van der Waals surface area contributed by atoms with Crippen LogP contribution in [0.2, 0.25) is 0 Å². The van der Waals surface area contributed by atoms with Gasteiger partial charge in [-0.3, -0.25) is 57.5 Å². The van der Waals surface area contributed by atoms with Gasteiger partial charge in [-0.1, -0.05) is 27.2 Å². The Labute approximate surface area is 390 Å². The van der Waals surface area contributed by atoms with E-state index in [-0.39, 0.29) is 21.5 Å². The van der Waals surface area contributed by atoms with Crippen molar-refractivity contribution in [2.24, 2.45) is 17.6 Å². The fourth-order valence-electron chi connectivity index (χ4n) is 7.65. The summed E-state index contributed by atoms with van der Waals surface area (Å²) in [4.78, 5) is 136. The fraction of sp³-hybridized carbons (Fsp3) is 0.575. The number of carbonyl (C=O) groups is 9. The van der Waals surface area contributed by atoms with Gasteiger partial charge >= 0.3 is 5.69 Å². The number of H-pyrrole nitrogens is 1. The molecule has 3 heterocycles. The van der Waals surface area contributed by atoms with Gasteiger partial charge < -0.3 is 73.3 Å². The molecule has 0 radical (unpaired) electrons. The quantitative estimate of drug-likeness (QED) is 0.0738. The number of aromatic amines is 1. The largest absolute Gasteiger partial charge is 0.502 e. The molecule has 2 aromatic rings. The number of aliphatic hydroxyl groups excluding tert-OH is 3. The predicted molar refractivity (Wildman–Crippen MR) is 236 cm³/mol. The number of aliphatic hydroxyl groups is 3. The summed E-state index contributed by atoms with van der Waals surface area (Å²) in [6.45, 7) is 2.72. The van der Waals surface area contributed by atoms with Gasteiger partial charge in [0.15, 0.2) is 5.75 Å². The number of aromatic nitrogens is 1. The van der Waals surface area contributed by atoms with Gasteiger partial charge in [0.25, 0.3) is 0 Å². The minimum absolute atomic E-state index is 0.0148. The Kier molecular flexibility index (Phi) is 18.4. The van der Waals surface area contributed by atoms with Crippen molar-refractivity contribution in [1.29, 1.82) is 0 Å². The van der Waals surface area contributed by atoms with Crippen molar-refractivity contribution in [1.82, 2.24) is 47.1 Å². The number of hydrogen-bond donors (Lipinski definition) is 13. The van der Waals surface area contributed by atoms with Gasteiger partial charge in [0.2, 0.25) is 53.2 Å². The third kappa shape index (κ3) is 13.2. The number of aromatic hydroxyl groups is 1. The number of phenolic OH excluding ortho intramolecular Hbond substituents is 1. The topological polar surface area (TPSA) is 424 Å². The van der Waals surface area contributed by atoms with Gasteiger partial charge in [-0.2, -0.15) is 0 Å². The Balaban J connectivity index is 1.85. The van der Waals surface area contributed by atoms with Crippen molar-refractivity contribution in [2.45, 2.75) is 107 Å². The zero-order valence-electron chi connectivity index (χ0n) is 37.7. The molecule has 14 N–H and O–H groups in total. The number of primary amides is 1. The lowest BCUT2D eigenvalue weighted by atomic mass is 9.93. The molecule has 4 rings (SSSR count). The highest BCUT2D eigenvalue weighted by atomic mass is 32.2. The molecule has 11 atom stereocenters. The molecule has 2 saturated heterocycles.